The molecule has 0 fully saturated rings. The van der Waals surface area contributed by atoms with Gasteiger partial charge in [-0.15, -0.1) is 0 Å². The van der Waals surface area contributed by atoms with Gasteiger partial charge in [-0.2, -0.15) is 0 Å². The van der Waals surface area contributed by atoms with Crippen LogP contribution in [0.15, 0.2) is 6.07 Å². The Hall–Kier alpha value is -0.247. The molecule has 0 aliphatic heterocycles. The van der Waals surface area contributed by atoms with Crippen LogP contribution in [0.5, 0.6) is 0 Å². The second kappa shape index (κ2) is 4.12. The van der Waals surface area contributed by atoms with Crippen LogP contribution in [-0.2, 0) is 0 Å². The Morgan fingerprint density at radius 1 is 0.667 bits per heavy atom. The van der Waals surface area contributed by atoms with Crippen molar-refractivity contribution in [2.45, 2.75) is 0 Å². The second-order valence-corrected chi connectivity index (χ2v) is 1.78. The molecule has 0 aromatic heterocycles. The third-order valence-electron chi connectivity index (χ3n) is 1.06. The second-order valence-electron chi connectivity index (χ2n) is 1.78. The third-order valence-corrected chi connectivity index (χ3v) is 1.06. The van der Waals surface area contributed by atoms with Crippen molar-refractivity contribution in [1.29, 1.82) is 0 Å². The van der Waals surface area contributed by atoms with Crippen molar-refractivity contribution in [2.75, 3.05) is 0 Å². The van der Waals surface area contributed by atoms with Crippen LogP contribution in [-0.4, -0.2) is 26.2 Å². The first kappa shape index (κ1) is 11.8. The zero-order valence-corrected chi connectivity index (χ0v) is 11.2. The Kier molecular flexibility index (Phi) is 4.04. The minimum absolute atomic E-state index is 0. The molecular formula is C6H4BiF5. The SMILES string of the molecule is Fc1cc(F)c(F)c(F)c1F.[BiH3]. The van der Waals surface area contributed by atoms with Crippen LogP contribution in [0.3, 0.4) is 0 Å². The molecule has 0 unspecified atom stereocenters. The third kappa shape index (κ3) is 1.92. The first-order valence-corrected chi connectivity index (χ1v) is 2.52. The van der Waals surface area contributed by atoms with Crippen LogP contribution in [0.1, 0.15) is 0 Å². The van der Waals surface area contributed by atoms with Crippen LogP contribution < -0.4 is 0 Å². The maximum atomic E-state index is 12.0. The molecule has 0 radical (unpaired) electrons. The average molecular weight is 380 g/mol. The van der Waals surface area contributed by atoms with E-state index in [9.17, 15) is 22.0 Å². The zero-order valence-electron chi connectivity index (χ0n) is 5.67. The quantitative estimate of drug-likeness (QED) is 0.275. The summed E-state index contributed by atoms with van der Waals surface area (Å²) in [4.78, 5) is 0. The molecule has 0 aliphatic rings. The minimum atomic E-state index is -2.14. The van der Waals surface area contributed by atoms with Crippen molar-refractivity contribution < 1.29 is 22.0 Å². The molecule has 0 atom stereocenters. The molecule has 68 valence electrons. The van der Waals surface area contributed by atoms with E-state index >= 15 is 0 Å². The van der Waals surface area contributed by atoms with Gasteiger partial charge < -0.3 is 0 Å². The van der Waals surface area contributed by atoms with Crippen molar-refractivity contribution in [3.63, 3.8) is 0 Å². The Bertz CT molecular complexity index is 272. The zero-order chi connectivity index (χ0) is 8.59. The van der Waals surface area contributed by atoms with Crippen molar-refractivity contribution in [2.24, 2.45) is 0 Å². The van der Waals surface area contributed by atoms with Crippen molar-refractivity contribution in [3.8, 4) is 0 Å². The number of hydrogen-bond donors (Lipinski definition) is 0. The summed E-state index contributed by atoms with van der Waals surface area (Å²) in [5.41, 5.74) is 0. The van der Waals surface area contributed by atoms with E-state index in [1.807, 2.05) is 0 Å². The fourth-order valence-electron chi connectivity index (χ4n) is 0.544. The molecule has 1 aromatic rings. The first-order chi connectivity index (χ1) is 5.04. The van der Waals surface area contributed by atoms with Gasteiger partial charge in [0, 0.05) is 6.07 Å². The van der Waals surface area contributed by atoms with E-state index in [4.69, 9.17) is 0 Å². The Morgan fingerprint density at radius 2 is 1.00 bits per heavy atom. The molecular weight excluding hydrogens is 376 g/mol. The topological polar surface area (TPSA) is 0 Å². The Balaban J connectivity index is 0.00000121. The van der Waals surface area contributed by atoms with Gasteiger partial charge in [-0.05, 0) is 0 Å². The normalized spacial score (nSPS) is 9.42. The summed E-state index contributed by atoms with van der Waals surface area (Å²) in [6.45, 7) is 0. The van der Waals surface area contributed by atoms with Crippen LogP contribution >= 0.6 is 0 Å². The van der Waals surface area contributed by atoms with Gasteiger partial charge in [0.15, 0.2) is 23.3 Å². The molecule has 0 bridgehead atoms. The molecule has 0 spiro atoms. The molecule has 1 rings (SSSR count). The fraction of sp³-hybridized carbons (Fsp3) is 0. The van der Waals surface area contributed by atoms with Gasteiger partial charge in [0.1, 0.15) is 0 Å². The average Bonchev–Trinajstić information content (AvgIpc) is 1.97. The van der Waals surface area contributed by atoms with Crippen LogP contribution in [0.25, 0.3) is 0 Å². The van der Waals surface area contributed by atoms with Gasteiger partial charge >= 0.3 is 26.2 Å². The predicted octanol–water partition coefficient (Wildman–Crippen LogP) is 1.20. The summed E-state index contributed by atoms with van der Waals surface area (Å²) in [6.07, 6.45) is 0. The molecule has 0 nitrogen and oxygen atoms in total. The van der Waals surface area contributed by atoms with E-state index in [1.165, 1.54) is 0 Å². The molecule has 0 aliphatic carbocycles. The summed E-state index contributed by atoms with van der Waals surface area (Å²) in [5, 5.41) is 0. The van der Waals surface area contributed by atoms with Crippen LogP contribution in [0.4, 0.5) is 22.0 Å². The van der Waals surface area contributed by atoms with E-state index in [1.54, 1.807) is 0 Å². The van der Waals surface area contributed by atoms with E-state index in [-0.39, 0.29) is 32.3 Å². The molecule has 0 saturated heterocycles. The molecule has 0 saturated carbocycles. The van der Waals surface area contributed by atoms with E-state index in [0.717, 1.165) is 0 Å². The van der Waals surface area contributed by atoms with Gasteiger partial charge in [-0.3, -0.25) is 0 Å². The molecule has 6 heteroatoms. The number of halogens is 5. The van der Waals surface area contributed by atoms with E-state index < -0.39 is 29.1 Å². The van der Waals surface area contributed by atoms with Crippen LogP contribution in [0, 0.1) is 29.1 Å². The summed E-state index contributed by atoms with van der Waals surface area (Å²) >= 11 is 0. The number of rotatable bonds is 0. The monoisotopic (exact) mass is 380 g/mol. The molecule has 0 N–H and O–H groups in total. The number of hydrogen-bond acceptors (Lipinski definition) is 0. The summed E-state index contributed by atoms with van der Waals surface area (Å²) in [7, 11) is 0. The van der Waals surface area contributed by atoms with Gasteiger partial charge in [-0.1, -0.05) is 0 Å². The molecule has 1 aromatic carbocycles. The Morgan fingerprint density at radius 3 is 1.33 bits per heavy atom. The number of benzene rings is 1. The first-order valence-electron chi connectivity index (χ1n) is 2.52. The standard InChI is InChI=1S/C6HF5.Bi.3H/c7-2-1-3(8)5(10)6(11)4(2)9;;;;/h1H;;;;. The molecule has 0 amide bonds. The maximum absolute atomic E-state index is 12.0. The fourth-order valence-corrected chi connectivity index (χ4v) is 0.544. The van der Waals surface area contributed by atoms with Crippen molar-refractivity contribution >= 4 is 26.2 Å². The molecule has 12 heavy (non-hydrogen) atoms. The summed E-state index contributed by atoms with van der Waals surface area (Å²) < 4.78 is 60.0. The Labute approximate surface area is 83.5 Å². The van der Waals surface area contributed by atoms with E-state index in [0.29, 0.717) is 0 Å². The van der Waals surface area contributed by atoms with Crippen molar-refractivity contribution in [3.05, 3.63) is 35.2 Å². The predicted molar refractivity (Wildman–Crippen MR) is 36.2 cm³/mol. The van der Waals surface area contributed by atoms with E-state index in [2.05, 4.69) is 0 Å². The van der Waals surface area contributed by atoms with Crippen molar-refractivity contribution in [1.82, 2.24) is 0 Å². The van der Waals surface area contributed by atoms with Gasteiger partial charge in [0.25, 0.3) is 0 Å². The van der Waals surface area contributed by atoms with Crippen LogP contribution in [0.2, 0.25) is 0 Å². The summed E-state index contributed by atoms with van der Waals surface area (Å²) in [6, 6.07) is -0.0618. The van der Waals surface area contributed by atoms with Gasteiger partial charge in [-0.25, -0.2) is 22.0 Å². The summed E-state index contributed by atoms with van der Waals surface area (Å²) in [5.74, 6) is -9.65. The van der Waals surface area contributed by atoms with Gasteiger partial charge in [0.05, 0.1) is 0 Å². The molecule has 0 heterocycles. The van der Waals surface area contributed by atoms with Gasteiger partial charge in [0.2, 0.25) is 5.82 Å².